The summed E-state index contributed by atoms with van der Waals surface area (Å²) < 4.78 is 5.76. The normalized spacial score (nSPS) is 15.3. The number of ether oxygens (including phenoxy) is 1. The van der Waals surface area contributed by atoms with Crippen molar-refractivity contribution in [1.82, 2.24) is 0 Å². The molecule has 0 radical (unpaired) electrons. The lowest BCUT2D eigenvalue weighted by molar-refractivity contribution is -0.0874. The van der Waals surface area contributed by atoms with Crippen molar-refractivity contribution in [2.24, 2.45) is 5.41 Å². The molecule has 2 atom stereocenters. The molecule has 0 aliphatic rings. The molecule has 0 heterocycles. The van der Waals surface area contributed by atoms with Crippen molar-refractivity contribution in [3.8, 4) is 0 Å². The minimum atomic E-state index is -0.472. The molecule has 1 aromatic carbocycles. The summed E-state index contributed by atoms with van der Waals surface area (Å²) in [5, 5.41) is 10.5. The second-order valence-corrected chi connectivity index (χ2v) is 6.44. The first kappa shape index (κ1) is 16.2. The second-order valence-electron chi connectivity index (χ2n) is 6.44. The molecule has 0 aromatic heterocycles. The molecule has 1 rings (SSSR count). The maximum absolute atomic E-state index is 10.5. The molecule has 0 fully saturated rings. The van der Waals surface area contributed by atoms with Gasteiger partial charge >= 0.3 is 0 Å². The molecule has 0 aliphatic heterocycles. The van der Waals surface area contributed by atoms with Crippen molar-refractivity contribution < 1.29 is 9.84 Å². The van der Waals surface area contributed by atoms with Gasteiger partial charge in [0.15, 0.2) is 0 Å². The first-order valence-corrected chi connectivity index (χ1v) is 7.11. The summed E-state index contributed by atoms with van der Waals surface area (Å²) >= 11 is 0. The van der Waals surface area contributed by atoms with E-state index in [2.05, 4.69) is 52.8 Å². The number of aliphatic hydroxyl groups excluding tert-OH is 1. The third-order valence-corrected chi connectivity index (χ3v) is 3.48. The van der Waals surface area contributed by atoms with Crippen molar-refractivity contribution in [3.05, 3.63) is 34.9 Å². The molecule has 0 spiro atoms. The smallest absolute Gasteiger partial charge is 0.0885 e. The fraction of sp³-hybridized carbons (Fsp3) is 0.647. The summed E-state index contributed by atoms with van der Waals surface area (Å²) in [5.74, 6) is 0. The van der Waals surface area contributed by atoms with Crippen LogP contribution in [0.25, 0.3) is 0 Å². The lowest BCUT2D eigenvalue weighted by atomic mass is 9.83. The van der Waals surface area contributed by atoms with E-state index in [0.29, 0.717) is 13.0 Å². The first-order chi connectivity index (χ1) is 8.75. The molecule has 2 heteroatoms. The van der Waals surface area contributed by atoms with Gasteiger partial charge in [0.25, 0.3) is 0 Å². The van der Waals surface area contributed by atoms with Gasteiger partial charge in [-0.05, 0) is 37.3 Å². The van der Waals surface area contributed by atoms with E-state index >= 15 is 0 Å². The predicted molar refractivity (Wildman–Crippen MR) is 80.5 cm³/mol. The maximum atomic E-state index is 10.5. The third kappa shape index (κ3) is 4.63. The van der Waals surface area contributed by atoms with Crippen LogP contribution in [0.3, 0.4) is 0 Å². The predicted octanol–water partition coefficient (Wildman–Crippen LogP) is 3.66. The molecule has 0 amide bonds. The SMILES string of the molecule is CCOC(C(O)Cc1cc(C)ccc1C)C(C)(C)C. The first-order valence-electron chi connectivity index (χ1n) is 7.11. The van der Waals surface area contributed by atoms with Gasteiger partial charge in [-0.15, -0.1) is 0 Å². The van der Waals surface area contributed by atoms with Crippen molar-refractivity contribution in [2.45, 2.75) is 60.2 Å². The van der Waals surface area contributed by atoms with E-state index in [9.17, 15) is 5.11 Å². The molecular weight excluding hydrogens is 236 g/mol. The number of benzene rings is 1. The number of aryl methyl sites for hydroxylation is 2. The van der Waals surface area contributed by atoms with Gasteiger partial charge in [0.1, 0.15) is 0 Å². The zero-order valence-corrected chi connectivity index (χ0v) is 13.2. The third-order valence-electron chi connectivity index (χ3n) is 3.48. The highest BCUT2D eigenvalue weighted by molar-refractivity contribution is 5.31. The molecule has 19 heavy (non-hydrogen) atoms. The van der Waals surface area contributed by atoms with Crippen molar-refractivity contribution in [1.29, 1.82) is 0 Å². The van der Waals surface area contributed by atoms with Crippen LogP contribution in [0, 0.1) is 19.3 Å². The average Bonchev–Trinajstić information content (AvgIpc) is 2.29. The van der Waals surface area contributed by atoms with Gasteiger partial charge in [-0.2, -0.15) is 0 Å². The summed E-state index contributed by atoms with van der Waals surface area (Å²) in [7, 11) is 0. The number of rotatable bonds is 5. The van der Waals surface area contributed by atoms with E-state index in [1.165, 1.54) is 16.7 Å². The van der Waals surface area contributed by atoms with Crippen LogP contribution in [0.5, 0.6) is 0 Å². The van der Waals surface area contributed by atoms with E-state index in [1.807, 2.05) is 6.92 Å². The van der Waals surface area contributed by atoms with Crippen LogP contribution in [-0.4, -0.2) is 23.9 Å². The van der Waals surface area contributed by atoms with E-state index in [0.717, 1.165) is 0 Å². The summed E-state index contributed by atoms with van der Waals surface area (Å²) in [6.45, 7) is 13.1. The molecule has 0 aliphatic carbocycles. The Kier molecular flexibility index (Phi) is 5.57. The minimum Gasteiger partial charge on any atom is -0.390 e. The molecule has 2 nitrogen and oxygen atoms in total. The zero-order chi connectivity index (χ0) is 14.6. The fourth-order valence-corrected chi connectivity index (χ4v) is 2.47. The van der Waals surface area contributed by atoms with Crippen LogP contribution in [0.15, 0.2) is 18.2 Å². The van der Waals surface area contributed by atoms with Crippen molar-refractivity contribution in [3.63, 3.8) is 0 Å². The van der Waals surface area contributed by atoms with Crippen LogP contribution in [0.1, 0.15) is 44.4 Å². The maximum Gasteiger partial charge on any atom is 0.0885 e. The Morgan fingerprint density at radius 1 is 1.21 bits per heavy atom. The second kappa shape index (κ2) is 6.53. The van der Waals surface area contributed by atoms with Gasteiger partial charge in [-0.1, -0.05) is 44.5 Å². The zero-order valence-electron chi connectivity index (χ0n) is 13.2. The van der Waals surface area contributed by atoms with Crippen LogP contribution in [0.4, 0.5) is 0 Å². The van der Waals surface area contributed by atoms with Gasteiger partial charge < -0.3 is 9.84 Å². The lowest BCUT2D eigenvalue weighted by Gasteiger charge is -2.34. The van der Waals surface area contributed by atoms with E-state index in [-0.39, 0.29) is 11.5 Å². The quantitative estimate of drug-likeness (QED) is 0.879. The molecule has 1 N–H and O–H groups in total. The van der Waals surface area contributed by atoms with Gasteiger partial charge in [-0.3, -0.25) is 0 Å². The van der Waals surface area contributed by atoms with E-state index in [1.54, 1.807) is 0 Å². The fourth-order valence-electron chi connectivity index (χ4n) is 2.47. The Labute approximate surface area is 117 Å². The van der Waals surface area contributed by atoms with Crippen LogP contribution >= 0.6 is 0 Å². The van der Waals surface area contributed by atoms with Gasteiger partial charge in [0, 0.05) is 13.0 Å². The monoisotopic (exact) mass is 264 g/mol. The average molecular weight is 264 g/mol. The Bertz CT molecular complexity index is 404. The van der Waals surface area contributed by atoms with Crippen molar-refractivity contribution >= 4 is 0 Å². The molecular formula is C17H28O2. The summed E-state index contributed by atoms with van der Waals surface area (Å²) in [5.41, 5.74) is 3.61. The summed E-state index contributed by atoms with van der Waals surface area (Å²) in [6.07, 6.45) is 0.0352. The van der Waals surface area contributed by atoms with Crippen LogP contribution < -0.4 is 0 Å². The van der Waals surface area contributed by atoms with E-state index < -0.39 is 6.10 Å². The summed E-state index contributed by atoms with van der Waals surface area (Å²) in [4.78, 5) is 0. The summed E-state index contributed by atoms with van der Waals surface area (Å²) in [6, 6.07) is 6.38. The lowest BCUT2D eigenvalue weighted by Crippen LogP contribution is -2.41. The standard InChI is InChI=1S/C17H28O2/c1-7-19-16(17(4,5)6)15(18)11-14-10-12(2)8-9-13(14)3/h8-10,15-16,18H,7,11H2,1-6H3. The van der Waals surface area contributed by atoms with Gasteiger partial charge in [-0.25, -0.2) is 0 Å². The number of hydrogen-bond acceptors (Lipinski definition) is 2. The molecule has 0 saturated carbocycles. The van der Waals surface area contributed by atoms with Crippen LogP contribution in [0.2, 0.25) is 0 Å². The molecule has 0 saturated heterocycles. The van der Waals surface area contributed by atoms with E-state index in [4.69, 9.17) is 4.74 Å². The topological polar surface area (TPSA) is 29.5 Å². The highest BCUT2D eigenvalue weighted by Gasteiger charge is 2.32. The molecule has 0 bridgehead atoms. The number of hydrogen-bond donors (Lipinski definition) is 1. The number of aliphatic hydroxyl groups is 1. The highest BCUT2D eigenvalue weighted by atomic mass is 16.5. The Balaban J connectivity index is 2.87. The largest absolute Gasteiger partial charge is 0.390 e. The molecule has 1 aromatic rings. The van der Waals surface area contributed by atoms with Gasteiger partial charge in [0.05, 0.1) is 12.2 Å². The highest BCUT2D eigenvalue weighted by Crippen LogP contribution is 2.27. The molecule has 2 unspecified atom stereocenters. The Morgan fingerprint density at radius 3 is 2.37 bits per heavy atom. The van der Waals surface area contributed by atoms with Gasteiger partial charge in [0.2, 0.25) is 0 Å². The van der Waals surface area contributed by atoms with Crippen LogP contribution in [-0.2, 0) is 11.2 Å². The Morgan fingerprint density at radius 2 is 1.84 bits per heavy atom. The minimum absolute atomic E-state index is 0.0623. The van der Waals surface area contributed by atoms with Crippen molar-refractivity contribution in [2.75, 3.05) is 6.61 Å². The Hall–Kier alpha value is -0.860. The molecule has 108 valence electrons.